The zero-order valence-electron chi connectivity index (χ0n) is 9.24. The van der Waals surface area contributed by atoms with Gasteiger partial charge in [0.2, 0.25) is 0 Å². The minimum atomic E-state index is -1.26. The average molecular weight is 245 g/mol. The normalized spacial score (nSPS) is 12.2. The first-order chi connectivity index (χ1) is 8.01. The number of benzene rings is 1. The van der Waals surface area contributed by atoms with E-state index in [9.17, 15) is 18.9 Å². The Morgan fingerprint density at radius 2 is 2.18 bits per heavy atom. The number of nitrogens with zero attached hydrogens (tertiary/aromatic N) is 1. The quantitative estimate of drug-likeness (QED) is 0.614. The maximum absolute atomic E-state index is 13.5. The van der Waals surface area contributed by atoms with Crippen molar-refractivity contribution in [1.29, 1.82) is 0 Å². The molecule has 0 aliphatic carbocycles. The summed E-state index contributed by atoms with van der Waals surface area (Å²) >= 11 is 0. The summed E-state index contributed by atoms with van der Waals surface area (Å²) in [7, 11) is 0. The first-order valence-electron chi connectivity index (χ1n) is 5.10. The first kappa shape index (κ1) is 13.3. The number of nitrogens with two attached hydrogens (primary N) is 1. The highest BCUT2D eigenvalue weighted by molar-refractivity contribution is 5.63. The molecule has 0 aromatic heterocycles. The van der Waals surface area contributed by atoms with Crippen LogP contribution in [-0.4, -0.2) is 17.5 Å². The van der Waals surface area contributed by atoms with Crippen molar-refractivity contribution >= 4 is 11.4 Å². The van der Waals surface area contributed by atoms with Crippen molar-refractivity contribution in [2.45, 2.75) is 19.4 Å². The van der Waals surface area contributed by atoms with Crippen LogP contribution in [0.2, 0.25) is 0 Å². The summed E-state index contributed by atoms with van der Waals surface area (Å²) in [6, 6.07) is 1.30. The van der Waals surface area contributed by atoms with E-state index >= 15 is 0 Å². The fraction of sp³-hybridized carbons (Fsp3) is 0.400. The number of nitro groups is 1. The number of hydrogen-bond donors (Lipinski definition) is 2. The molecule has 1 atom stereocenters. The Labute approximate surface area is 96.8 Å². The minimum Gasteiger partial charge on any atom is -0.373 e. The molecular formula is C10H13F2N3O2. The van der Waals surface area contributed by atoms with Gasteiger partial charge in [0.1, 0.15) is 0 Å². The van der Waals surface area contributed by atoms with Crippen LogP contribution < -0.4 is 11.1 Å². The van der Waals surface area contributed by atoms with E-state index in [-0.39, 0.29) is 12.6 Å². The first-order valence-corrected chi connectivity index (χ1v) is 5.10. The Morgan fingerprint density at radius 3 is 2.65 bits per heavy atom. The summed E-state index contributed by atoms with van der Waals surface area (Å²) < 4.78 is 26.5. The van der Waals surface area contributed by atoms with E-state index in [1.54, 1.807) is 6.92 Å². The monoisotopic (exact) mass is 245 g/mol. The predicted octanol–water partition coefficient (Wildman–Crippen LogP) is 2.02. The second-order valence-electron chi connectivity index (χ2n) is 3.50. The molecular weight excluding hydrogens is 232 g/mol. The second kappa shape index (κ2) is 5.53. The van der Waals surface area contributed by atoms with Crippen LogP contribution in [0.3, 0.4) is 0 Å². The van der Waals surface area contributed by atoms with Crippen molar-refractivity contribution in [3.8, 4) is 0 Å². The zero-order valence-corrected chi connectivity index (χ0v) is 9.24. The maximum atomic E-state index is 13.5. The van der Waals surface area contributed by atoms with Crippen molar-refractivity contribution < 1.29 is 13.7 Å². The summed E-state index contributed by atoms with van der Waals surface area (Å²) in [5.74, 6) is -2.39. The average Bonchev–Trinajstić information content (AvgIpc) is 2.30. The summed E-state index contributed by atoms with van der Waals surface area (Å²) in [6.45, 7) is 1.96. The molecule has 1 aromatic rings. The van der Waals surface area contributed by atoms with Gasteiger partial charge in [0.15, 0.2) is 17.3 Å². The Kier molecular flexibility index (Phi) is 4.33. The summed E-state index contributed by atoms with van der Waals surface area (Å²) in [4.78, 5) is 9.92. The van der Waals surface area contributed by atoms with Gasteiger partial charge in [-0.15, -0.1) is 0 Å². The van der Waals surface area contributed by atoms with Crippen LogP contribution in [0.1, 0.15) is 13.3 Å². The Morgan fingerprint density at radius 1 is 1.53 bits per heavy atom. The van der Waals surface area contributed by atoms with Crippen molar-refractivity contribution in [3.63, 3.8) is 0 Å². The lowest BCUT2D eigenvalue weighted by Gasteiger charge is -2.16. The van der Waals surface area contributed by atoms with Crippen LogP contribution in [0.25, 0.3) is 0 Å². The maximum Gasteiger partial charge on any atom is 0.295 e. The van der Waals surface area contributed by atoms with E-state index in [0.717, 1.165) is 12.1 Å². The van der Waals surface area contributed by atoms with Crippen molar-refractivity contribution in [1.82, 2.24) is 0 Å². The molecule has 1 aromatic carbocycles. The van der Waals surface area contributed by atoms with E-state index in [1.165, 1.54) is 0 Å². The molecule has 94 valence electrons. The molecule has 1 rings (SSSR count). The molecule has 1 unspecified atom stereocenters. The summed E-state index contributed by atoms with van der Waals surface area (Å²) in [6.07, 6.45) is 0.545. The van der Waals surface area contributed by atoms with Crippen LogP contribution in [0.5, 0.6) is 0 Å². The fourth-order valence-corrected chi connectivity index (χ4v) is 1.36. The molecule has 0 spiro atoms. The molecule has 0 bridgehead atoms. The van der Waals surface area contributed by atoms with Gasteiger partial charge in [0.25, 0.3) is 5.69 Å². The highest BCUT2D eigenvalue weighted by atomic mass is 19.2. The summed E-state index contributed by atoms with van der Waals surface area (Å²) in [5.41, 5.74) is 4.44. The molecule has 0 fully saturated rings. The lowest BCUT2D eigenvalue weighted by atomic mass is 10.2. The van der Waals surface area contributed by atoms with Gasteiger partial charge in [-0.1, -0.05) is 6.92 Å². The number of hydrogen-bond acceptors (Lipinski definition) is 4. The largest absolute Gasteiger partial charge is 0.373 e. The Balaban J connectivity index is 3.18. The van der Waals surface area contributed by atoms with Crippen LogP contribution in [0, 0.1) is 21.7 Å². The van der Waals surface area contributed by atoms with E-state index in [0.29, 0.717) is 6.42 Å². The number of nitrogens with one attached hydrogen (secondary N) is 1. The smallest absolute Gasteiger partial charge is 0.295 e. The minimum absolute atomic E-state index is 0.170. The van der Waals surface area contributed by atoms with Gasteiger partial charge in [-0.05, 0) is 12.5 Å². The molecule has 7 heteroatoms. The topological polar surface area (TPSA) is 81.2 Å². The second-order valence-corrected chi connectivity index (χ2v) is 3.50. The van der Waals surface area contributed by atoms with Gasteiger partial charge in [0, 0.05) is 18.7 Å². The molecule has 0 aliphatic rings. The third-order valence-corrected chi connectivity index (χ3v) is 2.40. The molecule has 0 radical (unpaired) electrons. The van der Waals surface area contributed by atoms with Gasteiger partial charge in [-0.25, -0.2) is 8.78 Å². The number of rotatable bonds is 5. The van der Waals surface area contributed by atoms with Crippen LogP contribution in [-0.2, 0) is 0 Å². The van der Waals surface area contributed by atoms with Gasteiger partial charge < -0.3 is 11.1 Å². The highest BCUT2D eigenvalue weighted by Crippen LogP contribution is 2.29. The van der Waals surface area contributed by atoms with Crippen LogP contribution >= 0.6 is 0 Å². The molecule has 3 N–H and O–H groups in total. The number of halogens is 2. The van der Waals surface area contributed by atoms with Gasteiger partial charge in [-0.2, -0.15) is 0 Å². The van der Waals surface area contributed by atoms with Crippen LogP contribution in [0.15, 0.2) is 12.1 Å². The summed E-state index contributed by atoms with van der Waals surface area (Å²) in [5, 5.41) is 13.2. The lowest BCUT2D eigenvalue weighted by molar-refractivity contribution is -0.384. The van der Waals surface area contributed by atoms with Crippen molar-refractivity contribution in [2.24, 2.45) is 5.73 Å². The Hall–Kier alpha value is -1.76. The van der Waals surface area contributed by atoms with Gasteiger partial charge >= 0.3 is 0 Å². The van der Waals surface area contributed by atoms with E-state index in [4.69, 9.17) is 5.73 Å². The number of anilines is 1. The zero-order chi connectivity index (χ0) is 13.0. The van der Waals surface area contributed by atoms with Gasteiger partial charge in [-0.3, -0.25) is 10.1 Å². The lowest BCUT2D eigenvalue weighted by Crippen LogP contribution is -2.28. The number of nitro benzene ring substituents is 1. The molecule has 0 heterocycles. The van der Waals surface area contributed by atoms with Crippen molar-refractivity contribution in [2.75, 3.05) is 11.9 Å². The van der Waals surface area contributed by atoms with E-state index < -0.39 is 27.9 Å². The van der Waals surface area contributed by atoms with E-state index in [2.05, 4.69) is 5.32 Å². The standard InChI is InChI=1S/C10H13F2N3O2/c1-2-6(5-13)14-10-8(15(16)17)4-3-7(11)9(10)12/h3-4,6,14H,2,5,13H2,1H3. The third-order valence-electron chi connectivity index (χ3n) is 2.40. The molecule has 5 nitrogen and oxygen atoms in total. The SMILES string of the molecule is CCC(CN)Nc1c([N+](=O)[O-])ccc(F)c1F. The van der Waals surface area contributed by atoms with Gasteiger partial charge in [0.05, 0.1) is 4.92 Å². The Bertz CT molecular complexity index is 422. The molecule has 0 saturated heterocycles. The molecule has 0 saturated carbocycles. The molecule has 0 amide bonds. The van der Waals surface area contributed by atoms with E-state index in [1.807, 2.05) is 0 Å². The van der Waals surface area contributed by atoms with Crippen molar-refractivity contribution in [3.05, 3.63) is 33.9 Å². The molecule has 0 aliphatic heterocycles. The third kappa shape index (κ3) is 2.88. The highest BCUT2D eigenvalue weighted by Gasteiger charge is 2.22. The van der Waals surface area contributed by atoms with Crippen LogP contribution in [0.4, 0.5) is 20.2 Å². The fourth-order valence-electron chi connectivity index (χ4n) is 1.36. The molecule has 17 heavy (non-hydrogen) atoms. The predicted molar refractivity (Wildman–Crippen MR) is 59.8 cm³/mol.